The summed E-state index contributed by atoms with van der Waals surface area (Å²) in [5.74, 6) is -0.705. The first-order chi connectivity index (χ1) is 8.97. The number of aromatic carboxylic acids is 1. The van der Waals surface area contributed by atoms with Crippen molar-refractivity contribution in [2.75, 3.05) is 0 Å². The van der Waals surface area contributed by atoms with Crippen molar-refractivity contribution in [1.29, 1.82) is 0 Å². The third kappa shape index (κ3) is 3.46. The van der Waals surface area contributed by atoms with Gasteiger partial charge >= 0.3 is 5.97 Å². The fraction of sp³-hybridized carbons (Fsp3) is 0. The van der Waals surface area contributed by atoms with Crippen LogP contribution in [-0.4, -0.2) is 16.1 Å². The van der Waals surface area contributed by atoms with E-state index in [2.05, 4.69) is 36.8 Å². The van der Waals surface area contributed by atoms with Crippen molar-refractivity contribution in [2.24, 2.45) is 0 Å². The quantitative estimate of drug-likeness (QED) is 0.798. The smallest absolute Gasteiger partial charge is 0.339 e. The summed E-state index contributed by atoms with van der Waals surface area (Å²) in [4.78, 5) is 15.2. The van der Waals surface area contributed by atoms with Gasteiger partial charge in [-0.1, -0.05) is 11.6 Å². The minimum atomic E-state index is -1.10. The molecule has 1 aromatic carbocycles. The molecule has 0 spiro atoms. The first-order valence-electron chi connectivity index (χ1n) is 4.99. The Morgan fingerprint density at radius 1 is 1.32 bits per heavy atom. The number of carboxylic acids is 1. The molecular formula is C12H6Br2ClNO3. The normalized spacial score (nSPS) is 10.3. The second-order valence-electron chi connectivity index (χ2n) is 3.49. The van der Waals surface area contributed by atoms with Crippen LogP contribution in [0.1, 0.15) is 10.4 Å². The molecule has 0 aliphatic heterocycles. The Labute approximate surface area is 130 Å². The van der Waals surface area contributed by atoms with E-state index in [-0.39, 0.29) is 17.2 Å². The van der Waals surface area contributed by atoms with E-state index in [1.54, 1.807) is 12.3 Å². The highest BCUT2D eigenvalue weighted by atomic mass is 79.9. The predicted molar refractivity (Wildman–Crippen MR) is 78.1 cm³/mol. The molecule has 0 fully saturated rings. The highest BCUT2D eigenvalue weighted by Gasteiger charge is 2.14. The fourth-order valence-corrected chi connectivity index (χ4v) is 2.57. The van der Waals surface area contributed by atoms with Gasteiger partial charge in [0, 0.05) is 21.8 Å². The van der Waals surface area contributed by atoms with Crippen LogP contribution >= 0.6 is 43.5 Å². The Kier molecular flexibility index (Phi) is 4.44. The van der Waals surface area contributed by atoms with Gasteiger partial charge in [0.05, 0.1) is 4.47 Å². The average molecular weight is 407 g/mol. The second kappa shape index (κ2) is 5.90. The molecule has 0 saturated carbocycles. The molecule has 0 amide bonds. The number of hydrogen-bond donors (Lipinski definition) is 1. The third-order valence-corrected chi connectivity index (χ3v) is 3.39. The molecule has 0 unspecified atom stereocenters. The highest BCUT2D eigenvalue weighted by Crippen LogP contribution is 2.32. The topological polar surface area (TPSA) is 59.4 Å². The lowest BCUT2D eigenvalue weighted by Crippen LogP contribution is -2.00. The van der Waals surface area contributed by atoms with Crippen molar-refractivity contribution in [3.63, 3.8) is 0 Å². The van der Waals surface area contributed by atoms with Crippen LogP contribution in [0.15, 0.2) is 39.4 Å². The van der Waals surface area contributed by atoms with Gasteiger partial charge < -0.3 is 9.84 Å². The van der Waals surface area contributed by atoms with E-state index < -0.39 is 5.97 Å². The van der Waals surface area contributed by atoms with Crippen molar-refractivity contribution >= 4 is 49.4 Å². The minimum absolute atomic E-state index is 0.0148. The molecule has 0 aliphatic carbocycles. The summed E-state index contributed by atoms with van der Waals surface area (Å²) in [5, 5.41) is 9.47. The second-order valence-corrected chi connectivity index (χ2v) is 5.69. The number of hydrogen-bond acceptors (Lipinski definition) is 3. The van der Waals surface area contributed by atoms with Crippen LogP contribution in [0.25, 0.3) is 0 Å². The van der Waals surface area contributed by atoms with Crippen molar-refractivity contribution in [1.82, 2.24) is 4.98 Å². The molecule has 0 bridgehead atoms. The number of rotatable bonds is 3. The lowest BCUT2D eigenvalue weighted by atomic mass is 10.2. The molecule has 0 atom stereocenters. The van der Waals surface area contributed by atoms with Gasteiger partial charge in [-0.15, -0.1) is 0 Å². The number of ether oxygens (including phenoxy) is 1. The van der Waals surface area contributed by atoms with E-state index in [1.807, 2.05) is 0 Å². The number of benzene rings is 1. The fourth-order valence-electron chi connectivity index (χ4n) is 1.34. The van der Waals surface area contributed by atoms with E-state index in [0.717, 1.165) is 4.47 Å². The lowest BCUT2D eigenvalue weighted by molar-refractivity contribution is 0.0694. The Hall–Kier alpha value is -1.11. The number of nitrogens with zero attached hydrogens (tertiary/aromatic N) is 1. The maximum absolute atomic E-state index is 11.1. The third-order valence-electron chi connectivity index (χ3n) is 2.15. The number of carbonyl (C=O) groups is 1. The van der Waals surface area contributed by atoms with Gasteiger partial charge in [-0.2, -0.15) is 0 Å². The van der Waals surface area contributed by atoms with Crippen LogP contribution in [-0.2, 0) is 0 Å². The molecule has 7 heteroatoms. The van der Waals surface area contributed by atoms with Crippen molar-refractivity contribution < 1.29 is 14.6 Å². The predicted octanol–water partition coefficient (Wildman–Crippen LogP) is 4.75. The van der Waals surface area contributed by atoms with Crippen LogP contribution in [0.2, 0.25) is 5.02 Å². The monoisotopic (exact) mass is 405 g/mol. The SMILES string of the molecule is O=C(O)c1ccc(Cl)cc1Oc1ncc(Br)cc1Br. The zero-order chi connectivity index (χ0) is 14.0. The number of carboxylic acid groups (broad SMARTS) is 1. The van der Waals surface area contributed by atoms with Gasteiger partial charge in [0.15, 0.2) is 0 Å². The molecule has 0 aliphatic rings. The van der Waals surface area contributed by atoms with Gasteiger partial charge in [-0.25, -0.2) is 9.78 Å². The molecule has 0 saturated heterocycles. The summed E-state index contributed by atoms with van der Waals surface area (Å²) in [6.07, 6.45) is 1.55. The molecule has 1 aromatic heterocycles. The van der Waals surface area contributed by atoms with Crippen molar-refractivity contribution in [3.8, 4) is 11.6 Å². The zero-order valence-electron chi connectivity index (χ0n) is 9.23. The molecule has 1 N–H and O–H groups in total. The van der Waals surface area contributed by atoms with Gasteiger partial charge in [0.25, 0.3) is 0 Å². The first kappa shape index (κ1) is 14.3. The number of halogens is 3. The maximum Gasteiger partial charge on any atom is 0.339 e. The van der Waals surface area contributed by atoms with E-state index >= 15 is 0 Å². The van der Waals surface area contributed by atoms with Gasteiger partial charge in [0.2, 0.25) is 5.88 Å². The van der Waals surface area contributed by atoms with Crippen LogP contribution < -0.4 is 4.74 Å². The molecular weight excluding hydrogens is 401 g/mol. The average Bonchev–Trinajstić information content (AvgIpc) is 2.32. The van der Waals surface area contributed by atoms with E-state index in [0.29, 0.717) is 9.50 Å². The van der Waals surface area contributed by atoms with Crippen molar-refractivity contribution in [3.05, 3.63) is 50.0 Å². The lowest BCUT2D eigenvalue weighted by Gasteiger charge is -2.09. The Balaban J connectivity index is 2.42. The molecule has 0 radical (unpaired) electrons. The summed E-state index contributed by atoms with van der Waals surface area (Å²) in [6.45, 7) is 0. The van der Waals surface area contributed by atoms with E-state index in [4.69, 9.17) is 21.4 Å². The number of aromatic nitrogens is 1. The molecule has 19 heavy (non-hydrogen) atoms. The van der Waals surface area contributed by atoms with Crippen molar-refractivity contribution in [2.45, 2.75) is 0 Å². The standard InChI is InChI=1S/C12H6Br2ClNO3/c13-6-3-9(14)11(16-5-6)19-10-4-7(15)1-2-8(10)12(17)18/h1-5H,(H,17,18). The summed E-state index contributed by atoms with van der Waals surface area (Å²) >= 11 is 12.4. The Bertz CT molecular complexity index is 649. The Morgan fingerprint density at radius 2 is 2.05 bits per heavy atom. The van der Waals surface area contributed by atoms with E-state index in [1.165, 1.54) is 18.2 Å². The molecule has 2 aromatic rings. The minimum Gasteiger partial charge on any atom is -0.478 e. The summed E-state index contributed by atoms with van der Waals surface area (Å²) in [7, 11) is 0. The molecule has 2 rings (SSSR count). The van der Waals surface area contributed by atoms with Crippen LogP contribution in [0.4, 0.5) is 0 Å². The zero-order valence-corrected chi connectivity index (χ0v) is 13.2. The van der Waals surface area contributed by atoms with Crippen LogP contribution in [0.3, 0.4) is 0 Å². The van der Waals surface area contributed by atoms with Crippen LogP contribution in [0, 0.1) is 0 Å². The largest absolute Gasteiger partial charge is 0.478 e. The molecule has 4 nitrogen and oxygen atoms in total. The van der Waals surface area contributed by atoms with Gasteiger partial charge in [0.1, 0.15) is 11.3 Å². The van der Waals surface area contributed by atoms with E-state index in [9.17, 15) is 4.79 Å². The maximum atomic E-state index is 11.1. The first-order valence-corrected chi connectivity index (χ1v) is 6.95. The highest BCUT2D eigenvalue weighted by molar-refractivity contribution is 9.11. The Morgan fingerprint density at radius 3 is 2.68 bits per heavy atom. The van der Waals surface area contributed by atoms with Crippen LogP contribution in [0.5, 0.6) is 11.6 Å². The van der Waals surface area contributed by atoms with Gasteiger partial charge in [-0.3, -0.25) is 0 Å². The summed E-state index contributed by atoms with van der Waals surface area (Å²) in [6, 6.07) is 6.04. The molecule has 1 heterocycles. The summed E-state index contributed by atoms with van der Waals surface area (Å²) in [5.41, 5.74) is 0.0148. The number of pyridine rings is 1. The summed E-state index contributed by atoms with van der Waals surface area (Å²) < 4.78 is 6.86. The van der Waals surface area contributed by atoms with Gasteiger partial charge in [-0.05, 0) is 50.1 Å². The molecule has 98 valence electrons.